The second-order valence-electron chi connectivity index (χ2n) is 10.5. The van der Waals surface area contributed by atoms with Crippen LogP contribution in [-0.2, 0) is 0 Å². The first-order valence-corrected chi connectivity index (χ1v) is 14.4. The molecule has 0 spiro atoms. The van der Waals surface area contributed by atoms with Gasteiger partial charge < -0.3 is 4.57 Å². The maximum atomic E-state index is 5.09. The van der Waals surface area contributed by atoms with Crippen LogP contribution in [0.1, 0.15) is 0 Å². The van der Waals surface area contributed by atoms with Gasteiger partial charge in [-0.1, -0.05) is 127 Å². The standard InChI is InChI=1S/C39H26N4/c1-5-14-27(15-6-1)30-24-25-34-33(26-30)36-32(22-13-23-35(36)43(34)31-20-11-4-12-21-31)39-41-37(28-16-7-2-8-17-28)40-38(42-39)29-18-9-3-10-19-29/h1-26H. The fourth-order valence-corrected chi connectivity index (χ4v) is 5.85. The monoisotopic (exact) mass is 550 g/mol. The van der Waals surface area contributed by atoms with Gasteiger partial charge in [0, 0.05) is 33.2 Å². The van der Waals surface area contributed by atoms with Gasteiger partial charge in [0.15, 0.2) is 17.5 Å². The van der Waals surface area contributed by atoms with Gasteiger partial charge in [0.25, 0.3) is 0 Å². The van der Waals surface area contributed by atoms with Crippen molar-refractivity contribution in [3.05, 3.63) is 158 Å². The molecule has 4 nitrogen and oxygen atoms in total. The Morgan fingerprint density at radius 2 is 0.907 bits per heavy atom. The molecule has 2 aromatic heterocycles. The van der Waals surface area contributed by atoms with Gasteiger partial charge in [0.1, 0.15) is 0 Å². The van der Waals surface area contributed by atoms with Crippen molar-refractivity contribution < 1.29 is 0 Å². The smallest absolute Gasteiger partial charge is 0.164 e. The first kappa shape index (κ1) is 24.9. The largest absolute Gasteiger partial charge is 0.309 e. The lowest BCUT2D eigenvalue weighted by atomic mass is 10.0. The van der Waals surface area contributed by atoms with Crippen LogP contribution in [-0.4, -0.2) is 19.5 Å². The summed E-state index contributed by atoms with van der Waals surface area (Å²) in [6, 6.07) is 54.5. The van der Waals surface area contributed by atoms with E-state index in [-0.39, 0.29) is 0 Å². The second kappa shape index (κ2) is 10.5. The topological polar surface area (TPSA) is 43.6 Å². The van der Waals surface area contributed by atoms with E-state index >= 15 is 0 Å². The van der Waals surface area contributed by atoms with Gasteiger partial charge in [-0.3, -0.25) is 0 Å². The molecule has 2 heterocycles. The van der Waals surface area contributed by atoms with E-state index in [1.165, 1.54) is 11.1 Å². The molecule has 6 aromatic carbocycles. The predicted octanol–water partition coefficient (Wildman–Crippen LogP) is 9.64. The van der Waals surface area contributed by atoms with Gasteiger partial charge in [-0.2, -0.15) is 0 Å². The van der Waals surface area contributed by atoms with E-state index in [0.29, 0.717) is 17.5 Å². The zero-order valence-electron chi connectivity index (χ0n) is 23.3. The van der Waals surface area contributed by atoms with Crippen LogP contribution in [0.5, 0.6) is 0 Å². The van der Waals surface area contributed by atoms with Crippen LogP contribution in [0.25, 0.3) is 72.8 Å². The van der Waals surface area contributed by atoms with E-state index in [4.69, 9.17) is 15.0 Å². The Morgan fingerprint density at radius 1 is 0.372 bits per heavy atom. The minimum Gasteiger partial charge on any atom is -0.309 e. The Labute approximate surface area is 249 Å². The normalized spacial score (nSPS) is 11.3. The molecule has 0 aliphatic rings. The number of benzene rings is 6. The molecule has 202 valence electrons. The van der Waals surface area contributed by atoms with E-state index in [2.05, 4.69) is 102 Å². The molecule has 4 heteroatoms. The molecule has 0 aliphatic carbocycles. The molecule has 43 heavy (non-hydrogen) atoms. The summed E-state index contributed by atoms with van der Waals surface area (Å²) in [5.74, 6) is 1.95. The molecule has 0 saturated heterocycles. The van der Waals surface area contributed by atoms with Crippen molar-refractivity contribution >= 4 is 21.8 Å². The summed E-state index contributed by atoms with van der Waals surface area (Å²) in [7, 11) is 0. The first-order valence-electron chi connectivity index (χ1n) is 14.4. The van der Waals surface area contributed by atoms with E-state index < -0.39 is 0 Å². The lowest BCUT2D eigenvalue weighted by molar-refractivity contribution is 1.08. The van der Waals surface area contributed by atoms with Gasteiger partial charge in [0.2, 0.25) is 0 Å². The molecule has 0 unspecified atom stereocenters. The number of aromatic nitrogens is 4. The summed E-state index contributed by atoms with van der Waals surface area (Å²) in [4.78, 5) is 15.1. The highest BCUT2D eigenvalue weighted by atomic mass is 15.0. The van der Waals surface area contributed by atoms with Crippen molar-refractivity contribution in [3.8, 4) is 51.0 Å². The Hall–Kier alpha value is -5.87. The molecule has 0 amide bonds. The number of para-hydroxylation sites is 1. The number of nitrogens with zero attached hydrogens (tertiary/aromatic N) is 4. The van der Waals surface area contributed by atoms with Crippen LogP contribution in [0.4, 0.5) is 0 Å². The molecule has 0 radical (unpaired) electrons. The minimum absolute atomic E-state index is 0.649. The van der Waals surface area contributed by atoms with E-state index in [1.807, 2.05) is 60.7 Å². The quantitative estimate of drug-likeness (QED) is 0.214. The molecule has 0 bridgehead atoms. The van der Waals surface area contributed by atoms with Crippen LogP contribution in [0.2, 0.25) is 0 Å². The van der Waals surface area contributed by atoms with Crippen molar-refractivity contribution in [1.29, 1.82) is 0 Å². The number of hydrogen-bond donors (Lipinski definition) is 0. The second-order valence-corrected chi connectivity index (χ2v) is 10.5. The van der Waals surface area contributed by atoms with Crippen LogP contribution < -0.4 is 0 Å². The third-order valence-corrected chi connectivity index (χ3v) is 7.85. The molecule has 8 rings (SSSR count). The summed E-state index contributed by atoms with van der Waals surface area (Å²) < 4.78 is 2.33. The molecule has 8 aromatic rings. The summed E-state index contributed by atoms with van der Waals surface area (Å²) in [5, 5.41) is 2.27. The van der Waals surface area contributed by atoms with Gasteiger partial charge in [-0.25, -0.2) is 15.0 Å². The maximum Gasteiger partial charge on any atom is 0.164 e. The number of fused-ring (bicyclic) bond motifs is 3. The van der Waals surface area contributed by atoms with Crippen LogP contribution >= 0.6 is 0 Å². The maximum absolute atomic E-state index is 5.09. The Balaban J connectivity index is 1.45. The van der Waals surface area contributed by atoms with Crippen molar-refractivity contribution in [1.82, 2.24) is 19.5 Å². The van der Waals surface area contributed by atoms with Gasteiger partial charge in [-0.15, -0.1) is 0 Å². The molecule has 0 N–H and O–H groups in total. The fourth-order valence-electron chi connectivity index (χ4n) is 5.85. The molecule has 0 fully saturated rings. The minimum atomic E-state index is 0.649. The zero-order chi connectivity index (χ0) is 28.6. The van der Waals surface area contributed by atoms with Crippen molar-refractivity contribution in [2.24, 2.45) is 0 Å². The SMILES string of the molecule is c1ccc(-c2ccc3c(c2)c2c(-c4nc(-c5ccccc5)nc(-c5ccccc5)n4)cccc2n3-c2ccccc2)cc1. The molecular weight excluding hydrogens is 524 g/mol. The molecule has 0 atom stereocenters. The highest BCUT2D eigenvalue weighted by Gasteiger charge is 2.20. The summed E-state index contributed by atoms with van der Waals surface area (Å²) >= 11 is 0. The van der Waals surface area contributed by atoms with E-state index in [9.17, 15) is 0 Å². The third-order valence-electron chi connectivity index (χ3n) is 7.85. The fraction of sp³-hybridized carbons (Fsp3) is 0. The molecule has 0 aliphatic heterocycles. The van der Waals surface area contributed by atoms with Crippen LogP contribution in [0.3, 0.4) is 0 Å². The van der Waals surface area contributed by atoms with E-state index in [0.717, 1.165) is 44.2 Å². The summed E-state index contributed by atoms with van der Waals surface area (Å²) in [6.45, 7) is 0. The van der Waals surface area contributed by atoms with Crippen molar-refractivity contribution in [3.63, 3.8) is 0 Å². The van der Waals surface area contributed by atoms with Gasteiger partial charge >= 0.3 is 0 Å². The average Bonchev–Trinajstić information content (AvgIpc) is 3.43. The van der Waals surface area contributed by atoms with Crippen LogP contribution in [0, 0.1) is 0 Å². The summed E-state index contributed by atoms with van der Waals surface area (Å²) in [6.07, 6.45) is 0. The zero-order valence-corrected chi connectivity index (χ0v) is 23.3. The van der Waals surface area contributed by atoms with Crippen molar-refractivity contribution in [2.75, 3.05) is 0 Å². The third kappa shape index (κ3) is 4.46. The Kier molecular flexibility index (Phi) is 6.08. The van der Waals surface area contributed by atoms with Crippen molar-refractivity contribution in [2.45, 2.75) is 0 Å². The first-order chi connectivity index (χ1) is 21.3. The van der Waals surface area contributed by atoms with E-state index in [1.54, 1.807) is 0 Å². The lowest BCUT2D eigenvalue weighted by Crippen LogP contribution is -2.00. The van der Waals surface area contributed by atoms with Crippen LogP contribution in [0.15, 0.2) is 158 Å². The Morgan fingerprint density at radius 3 is 1.51 bits per heavy atom. The highest BCUT2D eigenvalue weighted by molar-refractivity contribution is 6.16. The molecular formula is C39H26N4. The average molecular weight is 551 g/mol. The van der Waals surface area contributed by atoms with Gasteiger partial charge in [-0.05, 0) is 41.5 Å². The lowest BCUT2D eigenvalue weighted by Gasteiger charge is -2.10. The number of hydrogen-bond acceptors (Lipinski definition) is 3. The Bertz CT molecular complexity index is 2150. The molecule has 0 saturated carbocycles. The highest BCUT2D eigenvalue weighted by Crippen LogP contribution is 2.40. The summed E-state index contributed by atoms with van der Waals surface area (Å²) in [5.41, 5.74) is 8.57. The predicted molar refractivity (Wildman–Crippen MR) is 176 cm³/mol. The number of rotatable bonds is 5. The van der Waals surface area contributed by atoms with Gasteiger partial charge in [0.05, 0.1) is 11.0 Å².